The summed E-state index contributed by atoms with van der Waals surface area (Å²) < 4.78 is 26.3. The van der Waals surface area contributed by atoms with E-state index in [0.717, 1.165) is 23.8 Å². The summed E-state index contributed by atoms with van der Waals surface area (Å²) in [6, 6.07) is 22.5. The third kappa shape index (κ3) is 9.25. The first-order chi connectivity index (χ1) is 19.1. The number of halogens is 2. The van der Waals surface area contributed by atoms with Gasteiger partial charge in [0.25, 0.3) is 0 Å². The highest BCUT2D eigenvalue weighted by Gasteiger charge is 2.30. The standard InChI is InChI=1S/C30H35Cl2N3O4S/c1-3-19-33-30(37)28(21-23-10-5-4-6-11-23)34(22-24-12-7-8-13-27(24)32)29(36)14-9-20-35(40(2,38)39)26-17-15-25(31)16-18-26/h4-8,10-13,15-18,28H,3,9,14,19-22H2,1-2H3,(H,33,37)/t28-/m1/s1. The summed E-state index contributed by atoms with van der Waals surface area (Å²) in [7, 11) is -3.60. The summed E-state index contributed by atoms with van der Waals surface area (Å²) >= 11 is 12.4. The summed E-state index contributed by atoms with van der Waals surface area (Å²) in [5.41, 5.74) is 2.10. The molecule has 3 aromatic rings. The van der Waals surface area contributed by atoms with E-state index < -0.39 is 16.1 Å². The van der Waals surface area contributed by atoms with E-state index in [-0.39, 0.29) is 37.7 Å². The van der Waals surface area contributed by atoms with Crippen molar-refractivity contribution in [2.24, 2.45) is 0 Å². The van der Waals surface area contributed by atoms with Gasteiger partial charge in [0.15, 0.2) is 0 Å². The lowest BCUT2D eigenvalue weighted by Crippen LogP contribution is -2.50. The number of hydrogen-bond donors (Lipinski definition) is 1. The smallest absolute Gasteiger partial charge is 0.243 e. The molecule has 0 bridgehead atoms. The highest BCUT2D eigenvalue weighted by atomic mass is 35.5. The zero-order valence-electron chi connectivity index (χ0n) is 22.7. The van der Waals surface area contributed by atoms with E-state index in [1.807, 2.05) is 55.5 Å². The largest absolute Gasteiger partial charge is 0.354 e. The molecule has 0 spiro atoms. The van der Waals surface area contributed by atoms with E-state index in [2.05, 4.69) is 5.32 Å². The van der Waals surface area contributed by atoms with Crippen LogP contribution in [0.1, 0.15) is 37.3 Å². The monoisotopic (exact) mass is 603 g/mol. The molecule has 0 radical (unpaired) electrons. The molecule has 40 heavy (non-hydrogen) atoms. The van der Waals surface area contributed by atoms with Crippen LogP contribution in [0.2, 0.25) is 10.0 Å². The Balaban J connectivity index is 1.87. The van der Waals surface area contributed by atoms with Crippen molar-refractivity contribution in [1.29, 1.82) is 0 Å². The molecule has 0 saturated heterocycles. The van der Waals surface area contributed by atoms with Crippen molar-refractivity contribution in [2.45, 2.75) is 45.2 Å². The van der Waals surface area contributed by atoms with Crippen LogP contribution in [0.4, 0.5) is 5.69 Å². The second kappa shape index (κ2) is 15.1. The summed E-state index contributed by atoms with van der Waals surface area (Å²) in [5.74, 6) is -0.512. The Labute approximate surface area is 247 Å². The van der Waals surface area contributed by atoms with Crippen molar-refractivity contribution in [2.75, 3.05) is 23.7 Å². The van der Waals surface area contributed by atoms with Crippen LogP contribution in [-0.4, -0.2) is 50.5 Å². The van der Waals surface area contributed by atoms with Crippen LogP contribution >= 0.6 is 23.2 Å². The predicted molar refractivity (Wildman–Crippen MR) is 162 cm³/mol. The van der Waals surface area contributed by atoms with Crippen LogP contribution < -0.4 is 9.62 Å². The van der Waals surface area contributed by atoms with Crippen molar-refractivity contribution < 1.29 is 18.0 Å². The number of anilines is 1. The Kier molecular flexibility index (Phi) is 11.9. The Morgan fingerprint density at radius 2 is 1.57 bits per heavy atom. The molecule has 10 heteroatoms. The van der Waals surface area contributed by atoms with Gasteiger partial charge in [0.1, 0.15) is 6.04 Å². The molecule has 3 rings (SSSR count). The number of benzene rings is 3. The predicted octanol–water partition coefficient (Wildman–Crippen LogP) is 5.71. The summed E-state index contributed by atoms with van der Waals surface area (Å²) in [5, 5.41) is 3.94. The average molecular weight is 605 g/mol. The minimum atomic E-state index is -3.60. The Morgan fingerprint density at radius 1 is 0.925 bits per heavy atom. The third-order valence-electron chi connectivity index (χ3n) is 6.39. The van der Waals surface area contributed by atoms with Crippen molar-refractivity contribution >= 4 is 50.7 Å². The van der Waals surface area contributed by atoms with E-state index in [9.17, 15) is 18.0 Å². The van der Waals surface area contributed by atoms with E-state index in [0.29, 0.717) is 28.7 Å². The normalized spacial score (nSPS) is 12.0. The molecule has 1 atom stereocenters. The fourth-order valence-corrected chi connectivity index (χ4v) is 5.63. The van der Waals surface area contributed by atoms with Gasteiger partial charge in [0.05, 0.1) is 11.9 Å². The van der Waals surface area contributed by atoms with Crippen molar-refractivity contribution in [3.05, 3.63) is 100 Å². The zero-order chi connectivity index (χ0) is 29.1. The minimum absolute atomic E-state index is 0.0381. The average Bonchev–Trinajstić information content (AvgIpc) is 2.93. The fraction of sp³-hybridized carbons (Fsp3) is 0.333. The maximum Gasteiger partial charge on any atom is 0.243 e. The highest BCUT2D eigenvalue weighted by Crippen LogP contribution is 2.23. The lowest BCUT2D eigenvalue weighted by Gasteiger charge is -2.32. The van der Waals surface area contributed by atoms with E-state index in [4.69, 9.17) is 23.2 Å². The molecular weight excluding hydrogens is 569 g/mol. The van der Waals surface area contributed by atoms with Gasteiger partial charge in [0.2, 0.25) is 21.8 Å². The van der Waals surface area contributed by atoms with E-state index in [1.54, 1.807) is 35.2 Å². The number of nitrogens with one attached hydrogen (secondary N) is 1. The van der Waals surface area contributed by atoms with Crippen LogP contribution in [0.15, 0.2) is 78.9 Å². The third-order valence-corrected chi connectivity index (χ3v) is 8.20. The molecule has 2 amide bonds. The zero-order valence-corrected chi connectivity index (χ0v) is 25.1. The molecule has 0 saturated carbocycles. The van der Waals surface area contributed by atoms with Gasteiger partial charge in [-0.05, 0) is 54.3 Å². The fourth-order valence-electron chi connectivity index (χ4n) is 4.34. The van der Waals surface area contributed by atoms with E-state index >= 15 is 0 Å². The number of rotatable bonds is 14. The minimum Gasteiger partial charge on any atom is -0.354 e. The first kappa shape index (κ1) is 31.5. The quantitative estimate of drug-likeness (QED) is 0.256. The lowest BCUT2D eigenvalue weighted by atomic mass is 10.0. The van der Waals surface area contributed by atoms with Gasteiger partial charge < -0.3 is 10.2 Å². The Bertz CT molecular complexity index is 1370. The van der Waals surface area contributed by atoms with Crippen LogP contribution in [0.3, 0.4) is 0 Å². The van der Waals surface area contributed by atoms with Crippen LogP contribution in [-0.2, 0) is 32.6 Å². The summed E-state index contributed by atoms with van der Waals surface area (Å²) in [6.07, 6.45) is 2.50. The molecule has 0 heterocycles. The number of carbonyl (C=O) groups is 2. The first-order valence-electron chi connectivity index (χ1n) is 13.2. The maximum absolute atomic E-state index is 13.8. The molecule has 214 valence electrons. The molecule has 0 aliphatic carbocycles. The van der Waals surface area contributed by atoms with Crippen molar-refractivity contribution in [3.8, 4) is 0 Å². The topological polar surface area (TPSA) is 86.8 Å². The summed E-state index contributed by atoms with van der Waals surface area (Å²) in [6.45, 7) is 2.69. The van der Waals surface area contributed by atoms with Gasteiger partial charge in [0, 0.05) is 42.5 Å². The molecule has 0 unspecified atom stereocenters. The molecule has 0 aliphatic rings. The van der Waals surface area contributed by atoms with Gasteiger partial charge in [-0.2, -0.15) is 0 Å². The highest BCUT2D eigenvalue weighted by molar-refractivity contribution is 7.92. The van der Waals surface area contributed by atoms with Crippen LogP contribution in [0.25, 0.3) is 0 Å². The van der Waals surface area contributed by atoms with Crippen LogP contribution in [0, 0.1) is 0 Å². The first-order valence-corrected chi connectivity index (χ1v) is 15.8. The lowest BCUT2D eigenvalue weighted by molar-refractivity contribution is -0.141. The molecule has 3 aromatic carbocycles. The molecule has 0 aromatic heterocycles. The van der Waals surface area contributed by atoms with Crippen molar-refractivity contribution in [3.63, 3.8) is 0 Å². The van der Waals surface area contributed by atoms with Gasteiger partial charge in [-0.3, -0.25) is 13.9 Å². The van der Waals surface area contributed by atoms with E-state index in [1.165, 1.54) is 4.31 Å². The van der Waals surface area contributed by atoms with Crippen LogP contribution in [0.5, 0.6) is 0 Å². The molecular formula is C30H35Cl2N3O4S. The van der Waals surface area contributed by atoms with Crippen molar-refractivity contribution in [1.82, 2.24) is 10.2 Å². The number of hydrogen-bond acceptors (Lipinski definition) is 4. The number of nitrogens with zero attached hydrogens (tertiary/aromatic N) is 2. The maximum atomic E-state index is 13.8. The molecule has 0 aliphatic heterocycles. The molecule has 7 nitrogen and oxygen atoms in total. The Morgan fingerprint density at radius 3 is 2.20 bits per heavy atom. The SMILES string of the molecule is CCCNC(=O)[C@@H](Cc1ccccc1)N(Cc1ccccc1Cl)C(=O)CCCN(c1ccc(Cl)cc1)S(C)(=O)=O. The number of amides is 2. The molecule has 1 N–H and O–H groups in total. The van der Waals surface area contributed by atoms with Gasteiger partial charge in [-0.1, -0.05) is 78.7 Å². The van der Waals surface area contributed by atoms with Gasteiger partial charge >= 0.3 is 0 Å². The van der Waals surface area contributed by atoms with Gasteiger partial charge in [-0.15, -0.1) is 0 Å². The summed E-state index contributed by atoms with van der Waals surface area (Å²) in [4.78, 5) is 28.8. The second-order valence-corrected chi connectivity index (χ2v) is 12.3. The Hall–Kier alpha value is -3.07. The second-order valence-electron chi connectivity index (χ2n) is 9.52. The number of sulfonamides is 1. The van der Waals surface area contributed by atoms with Gasteiger partial charge in [-0.25, -0.2) is 8.42 Å². The number of carbonyl (C=O) groups excluding carboxylic acids is 2. The molecule has 0 fully saturated rings.